The van der Waals surface area contributed by atoms with Crippen LogP contribution in [0.5, 0.6) is 0 Å². The maximum Gasteiger partial charge on any atom is 0.329 e. The van der Waals surface area contributed by atoms with Crippen LogP contribution in [0.15, 0.2) is 22.7 Å². The second kappa shape index (κ2) is 5.56. The number of carbonyl (C=O) groups excluding carboxylic acids is 1. The first kappa shape index (κ1) is 15.4. The molecule has 104 valence electrons. The van der Waals surface area contributed by atoms with E-state index >= 15 is 0 Å². The van der Waals surface area contributed by atoms with Gasteiger partial charge in [0.1, 0.15) is 11.4 Å². The van der Waals surface area contributed by atoms with E-state index < -0.39 is 23.4 Å². The number of urea groups is 1. The summed E-state index contributed by atoms with van der Waals surface area (Å²) < 4.78 is 13.6. The predicted octanol–water partition coefficient (Wildman–Crippen LogP) is 2.92. The molecule has 0 heterocycles. The van der Waals surface area contributed by atoms with Gasteiger partial charge in [-0.3, -0.25) is 0 Å². The summed E-state index contributed by atoms with van der Waals surface area (Å²) in [6.07, 6.45) is 0. The number of likely N-dealkylation sites (N-methyl/N-ethyl adjacent to an activating group) is 1. The summed E-state index contributed by atoms with van der Waals surface area (Å²) in [6, 6.07) is 3.19. The van der Waals surface area contributed by atoms with Crippen LogP contribution in [0.3, 0.4) is 0 Å². The van der Waals surface area contributed by atoms with Crippen molar-refractivity contribution in [3.8, 4) is 0 Å². The van der Waals surface area contributed by atoms with Crippen molar-refractivity contribution in [1.82, 2.24) is 4.90 Å². The van der Waals surface area contributed by atoms with Crippen LogP contribution < -0.4 is 5.32 Å². The van der Waals surface area contributed by atoms with E-state index in [0.717, 1.165) is 11.0 Å². The van der Waals surface area contributed by atoms with E-state index in [-0.39, 0.29) is 5.69 Å². The van der Waals surface area contributed by atoms with Crippen molar-refractivity contribution in [2.75, 3.05) is 12.4 Å². The Morgan fingerprint density at radius 3 is 2.53 bits per heavy atom. The molecule has 0 fully saturated rings. The number of halogens is 2. The minimum Gasteiger partial charge on any atom is -0.480 e. The normalized spacial score (nSPS) is 11.0. The quantitative estimate of drug-likeness (QED) is 0.894. The second-order valence-corrected chi connectivity index (χ2v) is 5.33. The van der Waals surface area contributed by atoms with Gasteiger partial charge in [0.2, 0.25) is 0 Å². The molecular weight excluding hydrogens is 319 g/mol. The Morgan fingerprint density at radius 1 is 1.42 bits per heavy atom. The molecule has 5 nitrogen and oxygen atoms in total. The van der Waals surface area contributed by atoms with Crippen molar-refractivity contribution in [3.05, 3.63) is 28.5 Å². The van der Waals surface area contributed by atoms with Gasteiger partial charge in [-0.2, -0.15) is 0 Å². The summed E-state index contributed by atoms with van der Waals surface area (Å²) in [6.45, 7) is 2.80. The highest BCUT2D eigenvalue weighted by Gasteiger charge is 2.35. The molecule has 0 unspecified atom stereocenters. The van der Waals surface area contributed by atoms with E-state index in [1.54, 1.807) is 0 Å². The summed E-state index contributed by atoms with van der Waals surface area (Å²) in [5.74, 6) is -1.64. The van der Waals surface area contributed by atoms with Crippen LogP contribution >= 0.6 is 15.9 Å². The number of aliphatic carboxylic acids is 1. The standard InChI is InChI=1S/C12H14BrFN2O3/c1-12(2,10(17)18)16(3)11(19)15-9-6-7(14)4-5-8(9)13/h4-6H,1-3H3,(H,15,19)(H,17,18). The lowest BCUT2D eigenvalue weighted by atomic mass is 10.1. The summed E-state index contributed by atoms with van der Waals surface area (Å²) in [4.78, 5) is 24.0. The van der Waals surface area contributed by atoms with Gasteiger partial charge in [-0.1, -0.05) is 0 Å². The van der Waals surface area contributed by atoms with Crippen molar-refractivity contribution in [1.29, 1.82) is 0 Å². The third-order valence-electron chi connectivity index (χ3n) is 2.84. The highest BCUT2D eigenvalue weighted by atomic mass is 79.9. The molecule has 0 bridgehead atoms. The number of benzene rings is 1. The van der Waals surface area contributed by atoms with Crippen molar-refractivity contribution < 1.29 is 19.1 Å². The number of hydrogen-bond acceptors (Lipinski definition) is 2. The van der Waals surface area contributed by atoms with Gasteiger partial charge in [-0.05, 0) is 48.0 Å². The Bertz CT molecular complexity index is 520. The summed E-state index contributed by atoms with van der Waals surface area (Å²) in [5.41, 5.74) is -1.14. The molecule has 0 radical (unpaired) electrons. The second-order valence-electron chi connectivity index (χ2n) is 4.48. The molecule has 1 aromatic rings. The van der Waals surface area contributed by atoms with Crippen LogP contribution in [0.1, 0.15) is 13.8 Å². The van der Waals surface area contributed by atoms with Gasteiger partial charge in [-0.15, -0.1) is 0 Å². The van der Waals surface area contributed by atoms with E-state index in [0.29, 0.717) is 4.47 Å². The lowest BCUT2D eigenvalue weighted by Gasteiger charge is -2.31. The smallest absolute Gasteiger partial charge is 0.329 e. The Kier molecular flexibility index (Phi) is 4.52. The minimum atomic E-state index is -1.37. The highest BCUT2D eigenvalue weighted by Crippen LogP contribution is 2.24. The Labute approximate surface area is 118 Å². The number of carboxylic acid groups (broad SMARTS) is 1. The van der Waals surface area contributed by atoms with Crippen molar-refractivity contribution in [2.24, 2.45) is 0 Å². The number of nitrogens with one attached hydrogen (secondary N) is 1. The highest BCUT2D eigenvalue weighted by molar-refractivity contribution is 9.10. The fourth-order valence-corrected chi connectivity index (χ4v) is 1.54. The monoisotopic (exact) mass is 332 g/mol. The molecule has 2 amide bonds. The van der Waals surface area contributed by atoms with E-state index in [4.69, 9.17) is 5.11 Å². The van der Waals surface area contributed by atoms with Crippen LogP contribution in [0, 0.1) is 5.82 Å². The lowest BCUT2D eigenvalue weighted by molar-refractivity contribution is -0.146. The van der Waals surface area contributed by atoms with E-state index in [1.165, 1.54) is 33.0 Å². The molecule has 0 atom stereocenters. The number of anilines is 1. The van der Waals surface area contributed by atoms with Crippen molar-refractivity contribution in [2.45, 2.75) is 19.4 Å². The van der Waals surface area contributed by atoms with E-state index in [2.05, 4.69) is 21.2 Å². The molecule has 0 spiro atoms. The first-order chi connectivity index (χ1) is 8.66. The molecule has 7 heteroatoms. The van der Waals surface area contributed by atoms with Gasteiger partial charge in [0.05, 0.1) is 5.69 Å². The molecule has 0 aliphatic heterocycles. The van der Waals surface area contributed by atoms with Crippen molar-refractivity contribution >= 4 is 33.6 Å². The average molecular weight is 333 g/mol. The molecule has 19 heavy (non-hydrogen) atoms. The number of rotatable bonds is 3. The van der Waals surface area contributed by atoms with E-state index in [1.807, 2.05) is 0 Å². The molecule has 2 N–H and O–H groups in total. The Morgan fingerprint density at radius 2 is 2.00 bits per heavy atom. The average Bonchev–Trinajstić information content (AvgIpc) is 2.32. The van der Waals surface area contributed by atoms with Crippen molar-refractivity contribution in [3.63, 3.8) is 0 Å². The fraction of sp³-hybridized carbons (Fsp3) is 0.333. The lowest BCUT2D eigenvalue weighted by Crippen LogP contribution is -2.52. The first-order valence-corrected chi connectivity index (χ1v) is 6.19. The number of carbonyl (C=O) groups is 2. The number of amides is 2. The molecule has 1 aromatic carbocycles. The van der Waals surface area contributed by atoms with Crippen LogP contribution in [-0.2, 0) is 4.79 Å². The number of hydrogen-bond donors (Lipinski definition) is 2. The first-order valence-electron chi connectivity index (χ1n) is 5.39. The molecule has 0 saturated carbocycles. The molecular formula is C12H14BrFN2O3. The maximum absolute atomic E-state index is 13.1. The Balaban J connectivity index is 2.91. The van der Waals surface area contributed by atoms with Gasteiger partial charge >= 0.3 is 12.0 Å². The van der Waals surface area contributed by atoms with Gasteiger partial charge in [0, 0.05) is 11.5 Å². The zero-order chi connectivity index (χ0) is 14.8. The summed E-state index contributed by atoms with van der Waals surface area (Å²) in [7, 11) is 1.36. The van der Waals surface area contributed by atoms with Crippen LogP contribution in [0.2, 0.25) is 0 Å². The third kappa shape index (κ3) is 3.44. The van der Waals surface area contributed by atoms with Gasteiger partial charge < -0.3 is 15.3 Å². The van der Waals surface area contributed by atoms with Crippen LogP contribution in [0.4, 0.5) is 14.9 Å². The third-order valence-corrected chi connectivity index (χ3v) is 3.53. The topological polar surface area (TPSA) is 69.6 Å². The SMILES string of the molecule is CN(C(=O)Nc1cc(F)ccc1Br)C(C)(C)C(=O)O. The largest absolute Gasteiger partial charge is 0.480 e. The molecule has 0 aromatic heterocycles. The molecule has 0 aliphatic carbocycles. The van der Waals surface area contributed by atoms with Crippen LogP contribution in [-0.4, -0.2) is 34.6 Å². The zero-order valence-corrected chi connectivity index (χ0v) is 12.3. The van der Waals surface area contributed by atoms with Gasteiger partial charge in [0.15, 0.2) is 0 Å². The summed E-state index contributed by atoms with van der Waals surface area (Å²) >= 11 is 3.17. The molecule has 0 aliphatic rings. The van der Waals surface area contributed by atoms with E-state index in [9.17, 15) is 14.0 Å². The van der Waals surface area contributed by atoms with Gasteiger partial charge in [0.25, 0.3) is 0 Å². The van der Waals surface area contributed by atoms with Crippen LogP contribution in [0.25, 0.3) is 0 Å². The number of nitrogens with zero attached hydrogens (tertiary/aromatic N) is 1. The fourth-order valence-electron chi connectivity index (χ4n) is 1.19. The molecule has 1 rings (SSSR count). The maximum atomic E-state index is 13.1. The predicted molar refractivity (Wildman–Crippen MR) is 72.6 cm³/mol. The summed E-state index contributed by atoms with van der Waals surface area (Å²) in [5, 5.41) is 11.5. The van der Waals surface area contributed by atoms with Gasteiger partial charge in [-0.25, -0.2) is 14.0 Å². The number of carboxylic acids is 1. The zero-order valence-electron chi connectivity index (χ0n) is 10.7. The molecule has 0 saturated heterocycles. The minimum absolute atomic E-state index is 0.234. The Hall–Kier alpha value is -1.63.